The molecule has 0 saturated heterocycles. The Kier molecular flexibility index (Phi) is 2.73. The first-order valence-corrected chi connectivity index (χ1v) is 4.70. The maximum Gasteiger partial charge on any atom is 0.102 e. The van der Waals surface area contributed by atoms with Crippen LogP contribution in [0.4, 0.5) is 0 Å². The van der Waals surface area contributed by atoms with Crippen LogP contribution in [0, 0.1) is 0 Å². The van der Waals surface area contributed by atoms with Gasteiger partial charge in [0.2, 0.25) is 0 Å². The zero-order chi connectivity index (χ0) is 10.7. The smallest absolute Gasteiger partial charge is 0.102 e. The van der Waals surface area contributed by atoms with Crippen molar-refractivity contribution in [1.29, 1.82) is 0 Å². The Morgan fingerprint density at radius 2 is 2.33 bits per heavy atom. The number of hydrogen-bond acceptors (Lipinski definition) is 4. The molecule has 1 unspecified atom stereocenters. The van der Waals surface area contributed by atoms with Crippen LogP contribution in [-0.2, 0) is 13.5 Å². The first-order chi connectivity index (χ1) is 7.25. The van der Waals surface area contributed by atoms with Gasteiger partial charge >= 0.3 is 0 Å². The molecule has 0 spiro atoms. The summed E-state index contributed by atoms with van der Waals surface area (Å²) < 4.78 is 1.61. The molecule has 0 aliphatic heterocycles. The van der Waals surface area contributed by atoms with E-state index >= 15 is 0 Å². The lowest BCUT2D eigenvalue weighted by Gasteiger charge is -2.06. The van der Waals surface area contributed by atoms with Crippen molar-refractivity contribution in [2.45, 2.75) is 12.5 Å². The fourth-order valence-electron chi connectivity index (χ4n) is 1.36. The van der Waals surface area contributed by atoms with E-state index < -0.39 is 6.10 Å². The van der Waals surface area contributed by atoms with E-state index in [-0.39, 0.29) is 0 Å². The minimum atomic E-state index is -0.622. The van der Waals surface area contributed by atoms with Crippen molar-refractivity contribution in [3.05, 3.63) is 42.0 Å². The average molecular weight is 204 g/mol. The summed E-state index contributed by atoms with van der Waals surface area (Å²) in [6.45, 7) is 0. The lowest BCUT2D eigenvalue weighted by molar-refractivity contribution is 0.172. The number of nitrogens with zero attached hydrogens (tertiary/aromatic N) is 4. The summed E-state index contributed by atoms with van der Waals surface area (Å²) >= 11 is 0. The molecule has 0 bridgehead atoms. The number of aromatic nitrogens is 4. The fraction of sp³-hybridized carbons (Fsp3) is 0.300. The van der Waals surface area contributed by atoms with E-state index in [0.717, 1.165) is 5.69 Å². The molecule has 5 heteroatoms. The van der Waals surface area contributed by atoms with Crippen LogP contribution in [-0.4, -0.2) is 25.1 Å². The molecule has 2 heterocycles. The molecular weight excluding hydrogens is 192 g/mol. The quantitative estimate of drug-likeness (QED) is 0.790. The molecule has 0 aliphatic carbocycles. The van der Waals surface area contributed by atoms with E-state index in [2.05, 4.69) is 15.3 Å². The lowest BCUT2D eigenvalue weighted by atomic mass is 10.1. The molecule has 2 aromatic heterocycles. The minimum absolute atomic E-state index is 0.435. The van der Waals surface area contributed by atoms with Crippen molar-refractivity contribution in [1.82, 2.24) is 20.0 Å². The second-order valence-corrected chi connectivity index (χ2v) is 3.36. The molecule has 0 radical (unpaired) electrons. The van der Waals surface area contributed by atoms with E-state index in [4.69, 9.17) is 0 Å². The van der Waals surface area contributed by atoms with E-state index in [0.29, 0.717) is 12.1 Å². The molecule has 2 rings (SSSR count). The van der Waals surface area contributed by atoms with Crippen LogP contribution in [0.1, 0.15) is 17.5 Å². The van der Waals surface area contributed by atoms with Gasteiger partial charge in [-0.15, -0.1) is 5.10 Å². The molecule has 0 aliphatic rings. The van der Waals surface area contributed by atoms with Gasteiger partial charge < -0.3 is 5.11 Å². The summed E-state index contributed by atoms with van der Waals surface area (Å²) in [6, 6.07) is 5.46. The van der Waals surface area contributed by atoms with Gasteiger partial charge in [0, 0.05) is 25.9 Å². The summed E-state index contributed by atoms with van der Waals surface area (Å²) in [4.78, 5) is 4.08. The van der Waals surface area contributed by atoms with Crippen LogP contribution in [0.15, 0.2) is 30.6 Å². The first-order valence-electron chi connectivity index (χ1n) is 4.70. The van der Waals surface area contributed by atoms with Crippen molar-refractivity contribution in [2.75, 3.05) is 0 Å². The largest absolute Gasteiger partial charge is 0.386 e. The summed E-state index contributed by atoms with van der Waals surface area (Å²) in [6.07, 6.45) is 3.26. The summed E-state index contributed by atoms with van der Waals surface area (Å²) in [5.41, 5.74) is 1.42. The third kappa shape index (κ3) is 2.38. The van der Waals surface area contributed by atoms with Gasteiger partial charge in [-0.1, -0.05) is 11.3 Å². The Balaban J connectivity index is 2.07. The van der Waals surface area contributed by atoms with Gasteiger partial charge in [0.1, 0.15) is 6.10 Å². The highest BCUT2D eigenvalue weighted by atomic mass is 16.3. The van der Waals surface area contributed by atoms with Crippen LogP contribution in [0.25, 0.3) is 0 Å². The zero-order valence-corrected chi connectivity index (χ0v) is 8.41. The highest BCUT2D eigenvalue weighted by Gasteiger charge is 2.11. The molecule has 0 aromatic carbocycles. The molecule has 1 N–H and O–H groups in total. The van der Waals surface area contributed by atoms with Crippen LogP contribution < -0.4 is 0 Å². The van der Waals surface area contributed by atoms with Crippen molar-refractivity contribution in [3.63, 3.8) is 0 Å². The van der Waals surface area contributed by atoms with Crippen LogP contribution >= 0.6 is 0 Å². The summed E-state index contributed by atoms with van der Waals surface area (Å²) in [7, 11) is 1.80. The molecular formula is C10H12N4O. The number of hydrogen-bond donors (Lipinski definition) is 1. The number of aryl methyl sites for hydroxylation is 1. The number of rotatable bonds is 3. The Morgan fingerprint density at radius 1 is 1.47 bits per heavy atom. The van der Waals surface area contributed by atoms with Crippen molar-refractivity contribution in [3.8, 4) is 0 Å². The highest BCUT2D eigenvalue weighted by molar-refractivity contribution is 5.09. The second-order valence-electron chi connectivity index (χ2n) is 3.36. The standard InChI is InChI=1S/C10H12N4O/c1-14-7-8(12-13-14)6-10(15)9-4-2-3-5-11-9/h2-5,7,10,15H,6H2,1H3. The van der Waals surface area contributed by atoms with E-state index in [1.807, 2.05) is 12.1 Å². The van der Waals surface area contributed by atoms with Crippen molar-refractivity contribution in [2.24, 2.45) is 7.05 Å². The maximum absolute atomic E-state index is 9.84. The summed E-state index contributed by atoms with van der Waals surface area (Å²) in [5, 5.41) is 17.5. The Labute approximate surface area is 87.4 Å². The van der Waals surface area contributed by atoms with Gasteiger partial charge in [-0.3, -0.25) is 9.67 Å². The first kappa shape index (κ1) is 9.79. The van der Waals surface area contributed by atoms with Gasteiger partial charge in [0.05, 0.1) is 11.4 Å². The summed E-state index contributed by atoms with van der Waals surface area (Å²) in [5.74, 6) is 0. The highest BCUT2D eigenvalue weighted by Crippen LogP contribution is 2.13. The third-order valence-corrected chi connectivity index (χ3v) is 2.08. The molecule has 0 saturated carbocycles. The minimum Gasteiger partial charge on any atom is -0.386 e. The predicted octanol–water partition coefficient (Wildman–Crippen LogP) is 0.486. The fourth-order valence-corrected chi connectivity index (χ4v) is 1.36. The molecule has 78 valence electrons. The molecule has 5 nitrogen and oxygen atoms in total. The molecule has 15 heavy (non-hydrogen) atoms. The number of aliphatic hydroxyl groups excluding tert-OH is 1. The van der Waals surface area contributed by atoms with Crippen LogP contribution in [0.3, 0.4) is 0 Å². The average Bonchev–Trinajstić information content (AvgIpc) is 2.65. The van der Waals surface area contributed by atoms with Crippen LogP contribution in [0.2, 0.25) is 0 Å². The molecule has 1 atom stereocenters. The Hall–Kier alpha value is -1.75. The van der Waals surface area contributed by atoms with Gasteiger partial charge in [0.15, 0.2) is 0 Å². The Morgan fingerprint density at radius 3 is 2.93 bits per heavy atom. The van der Waals surface area contributed by atoms with E-state index in [1.54, 1.807) is 30.2 Å². The van der Waals surface area contributed by atoms with Crippen molar-refractivity contribution < 1.29 is 5.11 Å². The predicted molar refractivity (Wildman–Crippen MR) is 53.9 cm³/mol. The Bertz CT molecular complexity index is 426. The van der Waals surface area contributed by atoms with Crippen molar-refractivity contribution >= 4 is 0 Å². The number of aliphatic hydroxyl groups is 1. The van der Waals surface area contributed by atoms with Gasteiger partial charge in [-0.2, -0.15) is 0 Å². The lowest BCUT2D eigenvalue weighted by Crippen LogP contribution is -2.03. The normalized spacial score (nSPS) is 12.7. The zero-order valence-electron chi connectivity index (χ0n) is 8.41. The topological polar surface area (TPSA) is 63.8 Å². The van der Waals surface area contributed by atoms with Gasteiger partial charge in [-0.05, 0) is 12.1 Å². The SMILES string of the molecule is Cn1cc(CC(O)c2ccccn2)nn1. The maximum atomic E-state index is 9.84. The monoisotopic (exact) mass is 204 g/mol. The van der Waals surface area contributed by atoms with Crippen LogP contribution in [0.5, 0.6) is 0 Å². The third-order valence-electron chi connectivity index (χ3n) is 2.08. The molecule has 0 amide bonds. The number of pyridine rings is 1. The molecule has 0 fully saturated rings. The van der Waals surface area contributed by atoms with Gasteiger partial charge in [0.25, 0.3) is 0 Å². The molecule has 2 aromatic rings. The van der Waals surface area contributed by atoms with Gasteiger partial charge in [-0.25, -0.2) is 0 Å². The second kappa shape index (κ2) is 4.18. The van der Waals surface area contributed by atoms with E-state index in [1.165, 1.54) is 0 Å². The van der Waals surface area contributed by atoms with E-state index in [9.17, 15) is 5.11 Å².